The fourth-order valence-electron chi connectivity index (χ4n) is 2.43. The lowest BCUT2D eigenvalue weighted by Crippen LogP contribution is -2.41. The lowest BCUT2D eigenvalue weighted by atomic mass is 9.99. The first-order valence-corrected chi connectivity index (χ1v) is 7.43. The number of hydrogen-bond acceptors (Lipinski definition) is 4. The number of piperidine rings is 1. The van der Waals surface area contributed by atoms with E-state index in [0.29, 0.717) is 22.0 Å². The summed E-state index contributed by atoms with van der Waals surface area (Å²) in [7, 11) is 0. The molecular formula is C14H17ClN4O2. The molecule has 0 atom stereocenters. The highest BCUT2D eigenvalue weighted by molar-refractivity contribution is 6.31. The minimum Gasteiger partial charge on any atom is -0.385 e. The number of fused-ring (bicyclic) bond motifs is 1. The summed E-state index contributed by atoms with van der Waals surface area (Å²) >= 11 is 5.95. The third kappa shape index (κ3) is 3.10. The highest BCUT2D eigenvalue weighted by Gasteiger charge is 2.21. The first-order valence-electron chi connectivity index (χ1n) is 7.05. The Balaban J connectivity index is 1.63. The monoisotopic (exact) mass is 308 g/mol. The predicted molar refractivity (Wildman–Crippen MR) is 79.0 cm³/mol. The van der Waals surface area contributed by atoms with E-state index in [1.165, 1.54) is 4.85 Å². The van der Waals surface area contributed by atoms with Crippen LogP contribution in [0.25, 0.3) is 11.0 Å². The molecule has 0 N–H and O–H groups in total. The van der Waals surface area contributed by atoms with Crippen molar-refractivity contribution in [1.82, 2.24) is 20.1 Å². The summed E-state index contributed by atoms with van der Waals surface area (Å²) < 4.78 is 0. The maximum Gasteiger partial charge on any atom is 0.263 e. The maximum absolute atomic E-state index is 12.1. The molecule has 1 aromatic heterocycles. The summed E-state index contributed by atoms with van der Waals surface area (Å²) in [5.74, 6) is 0.670. The summed E-state index contributed by atoms with van der Waals surface area (Å²) in [6.45, 7) is 3.77. The summed E-state index contributed by atoms with van der Waals surface area (Å²) in [5.41, 5.74) is 1.33. The van der Waals surface area contributed by atoms with Crippen LogP contribution in [0, 0.1) is 5.92 Å². The van der Waals surface area contributed by atoms with E-state index in [9.17, 15) is 4.79 Å². The average Bonchev–Trinajstić information content (AvgIpc) is 2.88. The first-order chi connectivity index (χ1) is 10.1. The molecular weight excluding hydrogens is 292 g/mol. The number of halogens is 1. The van der Waals surface area contributed by atoms with Gasteiger partial charge in [-0.25, -0.2) is 0 Å². The standard InChI is InChI=1S/C14H17ClN4O2/c1-10-4-6-18(7-5-10)14(20)9-21-19-13-8-11(15)2-3-12(13)16-17-19/h2-3,8,10H,4-7,9H2,1H3. The molecule has 1 saturated heterocycles. The minimum absolute atomic E-state index is 0.0208. The van der Waals surface area contributed by atoms with Gasteiger partial charge in [0.25, 0.3) is 5.91 Å². The van der Waals surface area contributed by atoms with E-state index >= 15 is 0 Å². The third-order valence-corrected chi connectivity index (χ3v) is 4.06. The molecule has 3 rings (SSSR count). The number of likely N-dealkylation sites (tertiary alicyclic amines) is 1. The Bertz CT molecular complexity index is 649. The van der Waals surface area contributed by atoms with Gasteiger partial charge in [0, 0.05) is 18.1 Å². The molecule has 1 aliphatic rings. The second-order valence-corrected chi connectivity index (χ2v) is 5.87. The number of carbonyl (C=O) groups excluding carboxylic acids is 1. The van der Waals surface area contributed by atoms with Gasteiger partial charge in [0.15, 0.2) is 6.61 Å². The van der Waals surface area contributed by atoms with Gasteiger partial charge in [0.05, 0.1) is 0 Å². The Hall–Kier alpha value is -1.82. The second-order valence-electron chi connectivity index (χ2n) is 5.43. The molecule has 0 radical (unpaired) electrons. The lowest BCUT2D eigenvalue weighted by Gasteiger charge is -2.30. The van der Waals surface area contributed by atoms with Crippen LogP contribution in [-0.4, -0.2) is 45.7 Å². The zero-order valence-electron chi connectivity index (χ0n) is 11.8. The third-order valence-electron chi connectivity index (χ3n) is 3.82. The van der Waals surface area contributed by atoms with Crippen LogP contribution in [0.15, 0.2) is 18.2 Å². The minimum atomic E-state index is -0.0423. The van der Waals surface area contributed by atoms with Gasteiger partial charge in [-0.2, -0.15) is 0 Å². The van der Waals surface area contributed by atoms with E-state index in [1.807, 2.05) is 4.90 Å². The summed E-state index contributed by atoms with van der Waals surface area (Å²) in [5, 5.41) is 8.42. The zero-order chi connectivity index (χ0) is 14.8. The van der Waals surface area contributed by atoms with Crippen LogP contribution in [0.2, 0.25) is 5.02 Å². The topological polar surface area (TPSA) is 60.2 Å². The van der Waals surface area contributed by atoms with Gasteiger partial charge in [-0.05, 0) is 42.2 Å². The Morgan fingerprint density at radius 1 is 1.43 bits per heavy atom. The number of benzene rings is 1. The molecule has 0 saturated carbocycles. The number of hydrogen-bond donors (Lipinski definition) is 0. The van der Waals surface area contributed by atoms with E-state index in [-0.39, 0.29) is 12.5 Å². The molecule has 0 aliphatic carbocycles. The molecule has 2 heterocycles. The Labute approximate surface area is 127 Å². The Kier molecular flexibility index (Phi) is 3.96. The van der Waals surface area contributed by atoms with Crippen molar-refractivity contribution < 1.29 is 9.63 Å². The lowest BCUT2D eigenvalue weighted by molar-refractivity contribution is -0.138. The molecule has 1 aliphatic heterocycles. The van der Waals surface area contributed by atoms with Gasteiger partial charge in [0.2, 0.25) is 0 Å². The van der Waals surface area contributed by atoms with Gasteiger partial charge < -0.3 is 9.74 Å². The summed E-state index contributed by atoms with van der Waals surface area (Å²) in [6.07, 6.45) is 2.10. The number of rotatable bonds is 3. The summed E-state index contributed by atoms with van der Waals surface area (Å²) in [6, 6.07) is 5.21. The Morgan fingerprint density at radius 2 is 2.19 bits per heavy atom. The highest BCUT2D eigenvalue weighted by atomic mass is 35.5. The van der Waals surface area contributed by atoms with Gasteiger partial charge in [-0.15, -0.1) is 5.10 Å². The van der Waals surface area contributed by atoms with Crippen molar-refractivity contribution in [3.05, 3.63) is 23.2 Å². The smallest absolute Gasteiger partial charge is 0.263 e. The fourth-order valence-corrected chi connectivity index (χ4v) is 2.60. The van der Waals surface area contributed by atoms with Crippen molar-refractivity contribution in [3.8, 4) is 0 Å². The number of amides is 1. The molecule has 1 amide bonds. The van der Waals surface area contributed by atoms with Crippen molar-refractivity contribution in [2.75, 3.05) is 19.7 Å². The van der Waals surface area contributed by atoms with Gasteiger partial charge >= 0.3 is 0 Å². The molecule has 2 aromatic rings. The highest BCUT2D eigenvalue weighted by Crippen LogP contribution is 2.17. The van der Waals surface area contributed by atoms with Crippen LogP contribution in [-0.2, 0) is 4.79 Å². The number of carbonyl (C=O) groups is 1. The molecule has 6 nitrogen and oxygen atoms in total. The quantitative estimate of drug-likeness (QED) is 0.867. The van der Waals surface area contributed by atoms with Gasteiger partial charge in [-0.1, -0.05) is 23.4 Å². The molecule has 1 aromatic carbocycles. The van der Waals surface area contributed by atoms with Crippen LogP contribution < -0.4 is 4.84 Å². The maximum atomic E-state index is 12.1. The normalized spacial score (nSPS) is 16.4. The van der Waals surface area contributed by atoms with E-state index in [2.05, 4.69) is 17.2 Å². The fraction of sp³-hybridized carbons (Fsp3) is 0.500. The van der Waals surface area contributed by atoms with Crippen LogP contribution in [0.3, 0.4) is 0 Å². The van der Waals surface area contributed by atoms with Crippen LogP contribution in [0.1, 0.15) is 19.8 Å². The van der Waals surface area contributed by atoms with Crippen molar-refractivity contribution >= 4 is 28.5 Å². The molecule has 0 unspecified atom stereocenters. The number of aromatic nitrogens is 3. The second kappa shape index (κ2) is 5.89. The molecule has 112 valence electrons. The van der Waals surface area contributed by atoms with Crippen LogP contribution >= 0.6 is 11.6 Å². The van der Waals surface area contributed by atoms with Crippen molar-refractivity contribution in [2.24, 2.45) is 5.92 Å². The van der Waals surface area contributed by atoms with Crippen molar-refractivity contribution in [1.29, 1.82) is 0 Å². The predicted octanol–water partition coefficient (Wildman–Crippen LogP) is 1.77. The van der Waals surface area contributed by atoms with Crippen molar-refractivity contribution in [2.45, 2.75) is 19.8 Å². The SMILES string of the molecule is CC1CCN(C(=O)COn2nnc3ccc(Cl)cc32)CC1. The summed E-state index contributed by atoms with van der Waals surface area (Å²) in [4.78, 5) is 20.7. The van der Waals surface area contributed by atoms with Crippen molar-refractivity contribution in [3.63, 3.8) is 0 Å². The number of nitrogens with zero attached hydrogens (tertiary/aromatic N) is 4. The van der Waals surface area contributed by atoms with E-state index in [0.717, 1.165) is 25.9 Å². The van der Waals surface area contributed by atoms with Crippen LogP contribution in [0.4, 0.5) is 0 Å². The molecule has 21 heavy (non-hydrogen) atoms. The van der Waals surface area contributed by atoms with E-state index in [4.69, 9.17) is 16.4 Å². The van der Waals surface area contributed by atoms with Gasteiger partial charge in [0.1, 0.15) is 11.0 Å². The van der Waals surface area contributed by atoms with E-state index < -0.39 is 0 Å². The van der Waals surface area contributed by atoms with E-state index in [1.54, 1.807) is 18.2 Å². The zero-order valence-corrected chi connectivity index (χ0v) is 12.6. The largest absolute Gasteiger partial charge is 0.385 e. The molecule has 0 bridgehead atoms. The molecule has 1 fully saturated rings. The average molecular weight is 309 g/mol. The first kappa shape index (κ1) is 14.1. The molecule has 0 spiro atoms. The van der Waals surface area contributed by atoms with Crippen LogP contribution in [0.5, 0.6) is 0 Å². The van der Waals surface area contributed by atoms with Gasteiger partial charge in [-0.3, -0.25) is 4.79 Å². The Morgan fingerprint density at radius 3 is 2.95 bits per heavy atom. The molecule has 7 heteroatoms.